The van der Waals surface area contributed by atoms with Gasteiger partial charge in [0.05, 0.1) is 19.3 Å². The van der Waals surface area contributed by atoms with Crippen molar-refractivity contribution < 1.29 is 9.15 Å². The van der Waals surface area contributed by atoms with Gasteiger partial charge in [-0.2, -0.15) is 0 Å². The second-order valence-electron chi connectivity index (χ2n) is 4.20. The molecule has 4 nitrogen and oxygen atoms in total. The van der Waals surface area contributed by atoms with Crippen molar-refractivity contribution in [3.05, 3.63) is 35.8 Å². The first kappa shape index (κ1) is 14.0. The maximum Gasteiger partial charge on any atom is 0.122 e. The van der Waals surface area contributed by atoms with Gasteiger partial charge in [0.2, 0.25) is 0 Å². The largest absolute Gasteiger partial charge is 0.465 e. The maximum absolute atomic E-state index is 5.70. The molecule has 0 fully saturated rings. The van der Waals surface area contributed by atoms with Gasteiger partial charge >= 0.3 is 0 Å². The summed E-state index contributed by atoms with van der Waals surface area (Å²) in [7, 11) is 0. The molecule has 1 atom stereocenters. The summed E-state index contributed by atoms with van der Waals surface area (Å²) in [6.07, 6.45) is 0. The van der Waals surface area contributed by atoms with E-state index in [1.165, 1.54) is 0 Å². The van der Waals surface area contributed by atoms with Crippen LogP contribution in [0.5, 0.6) is 0 Å². The number of rotatable bonds is 8. The zero-order valence-electron chi connectivity index (χ0n) is 10.7. The SMILES string of the molecule is C=C(C)COCCNC(CN)c1ccc(C)o1. The minimum absolute atomic E-state index is 0.0529. The monoisotopic (exact) mass is 238 g/mol. The highest BCUT2D eigenvalue weighted by atomic mass is 16.5. The van der Waals surface area contributed by atoms with Crippen LogP contribution in [0.15, 0.2) is 28.7 Å². The molecule has 0 spiro atoms. The Bertz CT molecular complexity index is 347. The van der Waals surface area contributed by atoms with Gasteiger partial charge in [-0.25, -0.2) is 0 Å². The number of hydrogen-bond donors (Lipinski definition) is 2. The third-order valence-corrected chi connectivity index (χ3v) is 2.33. The fraction of sp³-hybridized carbons (Fsp3) is 0.538. The molecule has 3 N–H and O–H groups in total. The molecule has 96 valence electrons. The van der Waals surface area contributed by atoms with Crippen molar-refractivity contribution in [2.45, 2.75) is 19.9 Å². The lowest BCUT2D eigenvalue weighted by Crippen LogP contribution is -2.30. The summed E-state index contributed by atoms with van der Waals surface area (Å²) in [6.45, 7) is 10.1. The Balaban J connectivity index is 2.26. The van der Waals surface area contributed by atoms with Crippen LogP contribution in [0.25, 0.3) is 0 Å². The van der Waals surface area contributed by atoms with Crippen molar-refractivity contribution in [2.24, 2.45) is 5.73 Å². The lowest BCUT2D eigenvalue weighted by Gasteiger charge is -2.14. The summed E-state index contributed by atoms with van der Waals surface area (Å²) in [6, 6.07) is 3.95. The van der Waals surface area contributed by atoms with E-state index < -0.39 is 0 Å². The fourth-order valence-electron chi connectivity index (χ4n) is 1.49. The highest BCUT2D eigenvalue weighted by Crippen LogP contribution is 2.14. The number of nitrogens with two attached hydrogens (primary N) is 1. The van der Waals surface area contributed by atoms with Crippen molar-refractivity contribution in [3.63, 3.8) is 0 Å². The van der Waals surface area contributed by atoms with E-state index in [4.69, 9.17) is 14.9 Å². The van der Waals surface area contributed by atoms with E-state index in [2.05, 4.69) is 11.9 Å². The predicted octanol–water partition coefficient (Wildman–Crippen LogP) is 1.77. The first-order valence-electron chi connectivity index (χ1n) is 5.85. The van der Waals surface area contributed by atoms with Crippen LogP contribution < -0.4 is 11.1 Å². The third kappa shape index (κ3) is 5.17. The summed E-state index contributed by atoms with van der Waals surface area (Å²) < 4.78 is 10.9. The lowest BCUT2D eigenvalue weighted by molar-refractivity contribution is 0.154. The van der Waals surface area contributed by atoms with Crippen LogP contribution in [0.2, 0.25) is 0 Å². The molecule has 0 aliphatic rings. The van der Waals surface area contributed by atoms with E-state index >= 15 is 0 Å². The van der Waals surface area contributed by atoms with Crippen molar-refractivity contribution in [2.75, 3.05) is 26.3 Å². The molecule has 0 bridgehead atoms. The summed E-state index contributed by atoms with van der Waals surface area (Å²) in [5.74, 6) is 1.78. The van der Waals surface area contributed by atoms with Crippen LogP contribution in [0.1, 0.15) is 24.5 Å². The average molecular weight is 238 g/mol. The van der Waals surface area contributed by atoms with E-state index in [-0.39, 0.29) is 6.04 Å². The van der Waals surface area contributed by atoms with Crippen molar-refractivity contribution in [1.82, 2.24) is 5.32 Å². The average Bonchev–Trinajstić information content (AvgIpc) is 2.70. The second-order valence-corrected chi connectivity index (χ2v) is 4.20. The van der Waals surface area contributed by atoms with Crippen molar-refractivity contribution in [1.29, 1.82) is 0 Å². The molecule has 0 amide bonds. The minimum Gasteiger partial charge on any atom is -0.465 e. The van der Waals surface area contributed by atoms with Crippen LogP contribution in [0.4, 0.5) is 0 Å². The van der Waals surface area contributed by atoms with Gasteiger partial charge in [-0.05, 0) is 26.0 Å². The molecule has 0 aromatic carbocycles. The molecule has 0 aliphatic heterocycles. The van der Waals surface area contributed by atoms with Gasteiger partial charge in [0, 0.05) is 13.1 Å². The first-order valence-corrected chi connectivity index (χ1v) is 5.85. The first-order chi connectivity index (χ1) is 8.13. The Morgan fingerprint density at radius 1 is 1.59 bits per heavy atom. The topological polar surface area (TPSA) is 60.4 Å². The molecule has 0 radical (unpaired) electrons. The molecule has 0 aliphatic carbocycles. The van der Waals surface area contributed by atoms with E-state index in [1.807, 2.05) is 26.0 Å². The number of aryl methyl sites for hydroxylation is 1. The predicted molar refractivity (Wildman–Crippen MR) is 68.9 cm³/mol. The Hall–Kier alpha value is -1.10. The molecule has 4 heteroatoms. The third-order valence-electron chi connectivity index (χ3n) is 2.33. The number of ether oxygens (including phenoxy) is 1. The van der Waals surface area contributed by atoms with Gasteiger partial charge in [-0.15, -0.1) is 0 Å². The lowest BCUT2D eigenvalue weighted by atomic mass is 10.2. The molecule has 1 aromatic heterocycles. The van der Waals surface area contributed by atoms with Crippen LogP contribution in [0.3, 0.4) is 0 Å². The Labute approximate surface area is 103 Å². The van der Waals surface area contributed by atoms with Gasteiger partial charge in [0.1, 0.15) is 11.5 Å². The number of furan rings is 1. The molecule has 1 unspecified atom stereocenters. The van der Waals surface area contributed by atoms with E-state index in [1.54, 1.807) is 0 Å². The van der Waals surface area contributed by atoms with E-state index in [0.717, 1.165) is 23.6 Å². The summed E-state index contributed by atoms with van der Waals surface area (Å²) >= 11 is 0. The normalized spacial score (nSPS) is 12.6. The van der Waals surface area contributed by atoms with Crippen molar-refractivity contribution in [3.8, 4) is 0 Å². The molecule has 1 aromatic rings. The Morgan fingerprint density at radius 2 is 2.35 bits per heavy atom. The molecule has 1 heterocycles. The highest BCUT2D eigenvalue weighted by Gasteiger charge is 2.11. The van der Waals surface area contributed by atoms with Gasteiger partial charge in [0.25, 0.3) is 0 Å². The molecular formula is C13H22N2O2. The van der Waals surface area contributed by atoms with Crippen molar-refractivity contribution >= 4 is 0 Å². The molecule has 17 heavy (non-hydrogen) atoms. The zero-order chi connectivity index (χ0) is 12.7. The van der Waals surface area contributed by atoms with Crippen LogP contribution in [-0.2, 0) is 4.74 Å². The Kier molecular flexibility index (Phi) is 5.97. The van der Waals surface area contributed by atoms with Gasteiger partial charge in [-0.3, -0.25) is 0 Å². The summed E-state index contributed by atoms with van der Waals surface area (Å²) in [4.78, 5) is 0. The molecule has 1 rings (SSSR count). The molecule has 0 saturated carbocycles. The van der Waals surface area contributed by atoms with Gasteiger partial charge in [-0.1, -0.05) is 12.2 Å². The highest BCUT2D eigenvalue weighted by molar-refractivity contribution is 5.10. The Morgan fingerprint density at radius 3 is 2.88 bits per heavy atom. The summed E-state index contributed by atoms with van der Waals surface area (Å²) in [5.41, 5.74) is 6.73. The minimum atomic E-state index is 0.0529. The quantitative estimate of drug-likeness (QED) is 0.535. The van der Waals surface area contributed by atoms with E-state index in [0.29, 0.717) is 19.8 Å². The zero-order valence-corrected chi connectivity index (χ0v) is 10.7. The smallest absolute Gasteiger partial charge is 0.122 e. The standard InChI is InChI=1S/C13H22N2O2/c1-10(2)9-16-7-6-15-12(8-14)13-5-4-11(3)17-13/h4-5,12,15H,1,6-9,14H2,2-3H3. The van der Waals surface area contributed by atoms with Crippen LogP contribution >= 0.6 is 0 Å². The van der Waals surface area contributed by atoms with E-state index in [9.17, 15) is 0 Å². The van der Waals surface area contributed by atoms with Crippen LogP contribution in [-0.4, -0.2) is 26.3 Å². The number of nitrogens with one attached hydrogen (secondary N) is 1. The van der Waals surface area contributed by atoms with Crippen LogP contribution in [0, 0.1) is 6.92 Å². The van der Waals surface area contributed by atoms with Gasteiger partial charge < -0.3 is 20.2 Å². The second kappa shape index (κ2) is 7.27. The fourth-order valence-corrected chi connectivity index (χ4v) is 1.49. The maximum atomic E-state index is 5.70. The number of hydrogen-bond acceptors (Lipinski definition) is 4. The summed E-state index contributed by atoms with van der Waals surface area (Å²) in [5, 5.41) is 3.30. The molecule has 0 saturated heterocycles. The van der Waals surface area contributed by atoms with Gasteiger partial charge in [0.15, 0.2) is 0 Å². The molecular weight excluding hydrogens is 216 g/mol.